The van der Waals surface area contributed by atoms with Crippen molar-refractivity contribution in [2.24, 2.45) is 17.4 Å². The molecular weight excluding hydrogens is 342 g/mol. The summed E-state index contributed by atoms with van der Waals surface area (Å²) in [5, 5.41) is 2.78. The molecule has 0 heterocycles. The molecule has 0 radical (unpaired) electrons. The van der Waals surface area contributed by atoms with Crippen molar-refractivity contribution in [2.75, 3.05) is 13.2 Å². The van der Waals surface area contributed by atoms with Crippen molar-refractivity contribution in [3.05, 3.63) is 0 Å². The standard InChI is InChI=1S/C21H43N3O3/c1-4-5-6-7-8-9-12-15-27-21(26)19(16-17(2)3)24-20(25)18(23)13-10-11-14-22/h17-19H,4-16,22-23H2,1-3H3,(H,24,25)/t18-,19?/m0/s1. The van der Waals surface area contributed by atoms with Crippen molar-refractivity contribution >= 4 is 11.9 Å². The minimum atomic E-state index is -0.623. The van der Waals surface area contributed by atoms with Gasteiger partial charge in [0.05, 0.1) is 12.6 Å². The fourth-order valence-electron chi connectivity index (χ4n) is 2.94. The molecule has 6 heteroatoms. The van der Waals surface area contributed by atoms with E-state index in [9.17, 15) is 9.59 Å². The second-order valence-corrected chi connectivity index (χ2v) is 7.87. The van der Waals surface area contributed by atoms with Gasteiger partial charge in [0.25, 0.3) is 0 Å². The Balaban J connectivity index is 4.21. The molecule has 0 saturated heterocycles. The van der Waals surface area contributed by atoms with Crippen molar-refractivity contribution < 1.29 is 14.3 Å². The summed E-state index contributed by atoms with van der Waals surface area (Å²) in [6, 6.07) is -1.23. The number of ether oxygens (including phenoxy) is 1. The molecule has 1 unspecified atom stereocenters. The van der Waals surface area contributed by atoms with E-state index in [1.54, 1.807) is 0 Å². The van der Waals surface area contributed by atoms with E-state index in [1.165, 1.54) is 32.1 Å². The molecule has 0 saturated carbocycles. The van der Waals surface area contributed by atoms with Crippen LogP contribution in [-0.4, -0.2) is 37.1 Å². The summed E-state index contributed by atoms with van der Waals surface area (Å²) < 4.78 is 5.40. The molecular formula is C21H43N3O3. The highest BCUT2D eigenvalue weighted by molar-refractivity contribution is 5.87. The van der Waals surface area contributed by atoms with Crippen LogP contribution in [0, 0.1) is 5.92 Å². The number of hydrogen-bond acceptors (Lipinski definition) is 5. The lowest BCUT2D eigenvalue weighted by Gasteiger charge is -2.21. The van der Waals surface area contributed by atoms with Gasteiger partial charge in [-0.3, -0.25) is 4.79 Å². The molecule has 0 aromatic rings. The number of hydrogen-bond donors (Lipinski definition) is 3. The van der Waals surface area contributed by atoms with Crippen molar-refractivity contribution in [3.8, 4) is 0 Å². The SMILES string of the molecule is CCCCCCCCCOC(=O)C(CC(C)C)NC(=O)[C@@H](N)CCCCN. The van der Waals surface area contributed by atoms with Crippen LogP contribution in [0.25, 0.3) is 0 Å². The summed E-state index contributed by atoms with van der Waals surface area (Å²) in [5.41, 5.74) is 11.4. The number of amides is 1. The van der Waals surface area contributed by atoms with E-state index in [1.807, 2.05) is 13.8 Å². The van der Waals surface area contributed by atoms with Gasteiger partial charge in [-0.15, -0.1) is 0 Å². The van der Waals surface area contributed by atoms with Crippen LogP contribution in [0.1, 0.15) is 91.4 Å². The van der Waals surface area contributed by atoms with Gasteiger partial charge in [-0.05, 0) is 38.1 Å². The summed E-state index contributed by atoms with van der Waals surface area (Å²) in [6.45, 7) is 7.25. The third kappa shape index (κ3) is 14.6. The molecule has 0 aromatic heterocycles. The van der Waals surface area contributed by atoms with E-state index in [0.717, 1.165) is 25.7 Å². The van der Waals surface area contributed by atoms with Crippen molar-refractivity contribution in [1.82, 2.24) is 5.32 Å². The van der Waals surface area contributed by atoms with Gasteiger partial charge >= 0.3 is 5.97 Å². The highest BCUT2D eigenvalue weighted by atomic mass is 16.5. The van der Waals surface area contributed by atoms with E-state index in [4.69, 9.17) is 16.2 Å². The zero-order valence-corrected chi connectivity index (χ0v) is 17.8. The zero-order valence-electron chi connectivity index (χ0n) is 17.8. The first-order chi connectivity index (χ1) is 12.9. The van der Waals surface area contributed by atoms with Crippen LogP contribution in [0.3, 0.4) is 0 Å². The maximum absolute atomic E-state index is 12.4. The quantitative estimate of drug-likeness (QED) is 0.263. The highest BCUT2D eigenvalue weighted by Gasteiger charge is 2.25. The number of carbonyl (C=O) groups excluding carboxylic acids is 2. The Morgan fingerprint density at radius 1 is 0.963 bits per heavy atom. The number of esters is 1. The minimum Gasteiger partial charge on any atom is -0.464 e. The Hall–Kier alpha value is -1.14. The van der Waals surface area contributed by atoms with Gasteiger partial charge in [-0.1, -0.05) is 65.7 Å². The van der Waals surface area contributed by atoms with Crippen LogP contribution >= 0.6 is 0 Å². The maximum Gasteiger partial charge on any atom is 0.328 e. The summed E-state index contributed by atoms with van der Waals surface area (Å²) in [5.74, 6) is -0.363. The average molecular weight is 386 g/mol. The molecule has 0 rings (SSSR count). The molecule has 1 amide bonds. The Labute approximate surface area is 166 Å². The monoisotopic (exact) mass is 385 g/mol. The lowest BCUT2D eigenvalue weighted by atomic mass is 10.0. The first-order valence-corrected chi connectivity index (χ1v) is 10.8. The number of unbranched alkanes of at least 4 members (excludes halogenated alkanes) is 7. The molecule has 27 heavy (non-hydrogen) atoms. The Morgan fingerprint density at radius 3 is 2.19 bits per heavy atom. The second kappa shape index (κ2) is 17.0. The Bertz CT molecular complexity index is 389. The smallest absolute Gasteiger partial charge is 0.328 e. The summed E-state index contributed by atoms with van der Waals surface area (Å²) in [7, 11) is 0. The number of nitrogens with one attached hydrogen (secondary N) is 1. The van der Waals surface area contributed by atoms with Gasteiger partial charge in [0.1, 0.15) is 6.04 Å². The van der Waals surface area contributed by atoms with Gasteiger partial charge < -0.3 is 21.5 Å². The van der Waals surface area contributed by atoms with E-state index in [2.05, 4.69) is 12.2 Å². The number of rotatable bonds is 17. The van der Waals surface area contributed by atoms with Gasteiger partial charge in [-0.25, -0.2) is 4.79 Å². The molecule has 5 N–H and O–H groups in total. The second-order valence-electron chi connectivity index (χ2n) is 7.87. The first-order valence-electron chi connectivity index (χ1n) is 10.8. The predicted molar refractivity (Wildman–Crippen MR) is 111 cm³/mol. The minimum absolute atomic E-state index is 0.273. The van der Waals surface area contributed by atoms with Gasteiger partial charge in [0.15, 0.2) is 0 Å². The van der Waals surface area contributed by atoms with Crippen LogP contribution in [0.4, 0.5) is 0 Å². The third-order valence-corrected chi connectivity index (χ3v) is 4.61. The first kappa shape index (κ1) is 25.9. The Morgan fingerprint density at radius 2 is 1.59 bits per heavy atom. The van der Waals surface area contributed by atoms with Gasteiger partial charge in [-0.2, -0.15) is 0 Å². The van der Waals surface area contributed by atoms with Gasteiger partial charge in [0, 0.05) is 0 Å². The van der Waals surface area contributed by atoms with Crippen LogP contribution in [0.5, 0.6) is 0 Å². The normalized spacial score (nSPS) is 13.4. The molecule has 160 valence electrons. The van der Waals surface area contributed by atoms with E-state index < -0.39 is 12.1 Å². The van der Waals surface area contributed by atoms with Gasteiger partial charge in [0.2, 0.25) is 5.91 Å². The molecule has 0 spiro atoms. The molecule has 0 fully saturated rings. The molecule has 0 aliphatic rings. The van der Waals surface area contributed by atoms with Crippen molar-refractivity contribution in [3.63, 3.8) is 0 Å². The van der Waals surface area contributed by atoms with E-state index >= 15 is 0 Å². The van der Waals surface area contributed by atoms with Crippen LogP contribution in [0.2, 0.25) is 0 Å². The summed E-state index contributed by atoms with van der Waals surface area (Å²) in [6.07, 6.45) is 11.0. The third-order valence-electron chi connectivity index (χ3n) is 4.61. The maximum atomic E-state index is 12.4. The Kier molecular flexibility index (Phi) is 16.3. The molecule has 0 bridgehead atoms. The molecule has 6 nitrogen and oxygen atoms in total. The molecule has 2 atom stereocenters. The topological polar surface area (TPSA) is 107 Å². The van der Waals surface area contributed by atoms with Crippen LogP contribution in [-0.2, 0) is 14.3 Å². The fourth-order valence-corrected chi connectivity index (χ4v) is 2.94. The summed E-state index contributed by atoms with van der Waals surface area (Å²) >= 11 is 0. The lowest BCUT2D eigenvalue weighted by Crippen LogP contribution is -2.49. The highest BCUT2D eigenvalue weighted by Crippen LogP contribution is 2.10. The molecule has 0 aliphatic heterocycles. The van der Waals surface area contributed by atoms with Crippen molar-refractivity contribution in [2.45, 2.75) is 103 Å². The van der Waals surface area contributed by atoms with E-state index in [0.29, 0.717) is 26.0 Å². The number of carbonyl (C=O) groups is 2. The van der Waals surface area contributed by atoms with Crippen molar-refractivity contribution in [1.29, 1.82) is 0 Å². The lowest BCUT2D eigenvalue weighted by molar-refractivity contribution is -0.148. The predicted octanol–water partition coefficient (Wildman–Crippen LogP) is 3.27. The van der Waals surface area contributed by atoms with Crippen LogP contribution < -0.4 is 16.8 Å². The fraction of sp³-hybridized carbons (Fsp3) is 0.905. The largest absolute Gasteiger partial charge is 0.464 e. The average Bonchev–Trinajstić information content (AvgIpc) is 2.62. The number of nitrogens with two attached hydrogens (primary N) is 2. The molecule has 0 aliphatic carbocycles. The van der Waals surface area contributed by atoms with Crippen LogP contribution in [0.15, 0.2) is 0 Å². The van der Waals surface area contributed by atoms with E-state index in [-0.39, 0.29) is 17.8 Å². The zero-order chi connectivity index (χ0) is 20.5. The molecule has 0 aromatic carbocycles. The summed E-state index contributed by atoms with van der Waals surface area (Å²) in [4.78, 5) is 24.6.